The van der Waals surface area contributed by atoms with E-state index < -0.39 is 20.8 Å². The number of likely N-dealkylation sites (tertiary alicyclic amines) is 1. The van der Waals surface area contributed by atoms with Gasteiger partial charge in [-0.3, -0.25) is 0 Å². The number of fused-ring (bicyclic) bond motifs is 5. The van der Waals surface area contributed by atoms with Crippen LogP contribution >= 0.6 is 7.14 Å². The predicted molar refractivity (Wildman–Crippen MR) is 187 cm³/mol. The van der Waals surface area contributed by atoms with Crippen LogP contribution in [0.5, 0.6) is 0 Å². The summed E-state index contributed by atoms with van der Waals surface area (Å²) in [5.41, 5.74) is 4.47. The van der Waals surface area contributed by atoms with Gasteiger partial charge in [-0.25, -0.2) is 14.8 Å². The van der Waals surface area contributed by atoms with E-state index >= 15 is 0 Å². The van der Waals surface area contributed by atoms with Crippen molar-refractivity contribution in [1.82, 2.24) is 19.4 Å². The van der Waals surface area contributed by atoms with Gasteiger partial charge in [0.15, 0.2) is 0 Å². The summed E-state index contributed by atoms with van der Waals surface area (Å²) in [4.78, 5) is 24.5. The van der Waals surface area contributed by atoms with Gasteiger partial charge >= 0.3 is 6.09 Å². The molecule has 2 aromatic heterocycles. The lowest BCUT2D eigenvalue weighted by atomic mass is 9.75. The van der Waals surface area contributed by atoms with Gasteiger partial charge in [-0.1, -0.05) is 45.6 Å². The topological polar surface area (TPSA) is 98.6 Å². The Morgan fingerprint density at radius 3 is 2.60 bits per heavy atom. The van der Waals surface area contributed by atoms with Gasteiger partial charge in [-0.2, -0.15) is 0 Å². The Kier molecular flexibility index (Phi) is 9.10. The smallest absolute Gasteiger partial charge is 0.410 e. The lowest BCUT2D eigenvalue weighted by molar-refractivity contribution is 0.0206. The molecule has 0 unspecified atom stereocenters. The Bertz CT molecular complexity index is 1630. The van der Waals surface area contributed by atoms with Gasteiger partial charge < -0.3 is 28.8 Å². The number of carbonyl (C=O) groups is 1. The maximum Gasteiger partial charge on any atom is 0.410 e. The molecule has 0 saturated carbocycles. The third-order valence-electron chi connectivity index (χ3n) is 8.64. The van der Waals surface area contributed by atoms with Crippen LogP contribution in [0.25, 0.3) is 22.2 Å². The van der Waals surface area contributed by atoms with Crippen molar-refractivity contribution in [2.45, 2.75) is 103 Å². The largest absolute Gasteiger partial charge is 0.444 e. The van der Waals surface area contributed by atoms with Gasteiger partial charge in [0.1, 0.15) is 19.5 Å². The molecule has 1 atom stereocenters. The second-order valence-corrected chi connectivity index (χ2v) is 24.9. The number of hydrogen-bond acceptors (Lipinski definition) is 7. The fourth-order valence-electron chi connectivity index (χ4n) is 6.58. The number of carbonyl (C=O) groups excluding carboxylic acids is 1. The fraction of sp³-hybridized carbons (Fsp3) is 0.618. The van der Waals surface area contributed by atoms with Crippen LogP contribution in [0.3, 0.4) is 0 Å². The molecule has 1 aliphatic carbocycles. The molecule has 1 aromatic carbocycles. The van der Waals surface area contributed by atoms with Crippen LogP contribution in [0.2, 0.25) is 25.7 Å². The number of benzene rings is 1. The van der Waals surface area contributed by atoms with Gasteiger partial charge in [0.2, 0.25) is 5.95 Å². The standard InChI is InChI=1S/C34H52N5O4PSi/c1-33(2,3)43-32(40)38-16-12-13-24(21-38)36-31-35-20-23-19-34(4,5)30-27(28(23)37-31)25-14-11-15-26(44(6,7)41)29(25)39(30)22-42-17-18-45(8,9)10/h11,14-15,20,24H,12-13,16-19,21-22H2,1-10H3,(H,35,36,37)/t24-/m0/s1. The van der Waals surface area contributed by atoms with Crippen molar-refractivity contribution in [2.24, 2.45) is 0 Å². The van der Waals surface area contributed by atoms with E-state index in [1.165, 1.54) is 0 Å². The Hall–Kier alpha value is -2.68. The van der Waals surface area contributed by atoms with E-state index in [0.717, 1.165) is 64.0 Å². The summed E-state index contributed by atoms with van der Waals surface area (Å²) in [5.74, 6) is 0.551. The first-order chi connectivity index (χ1) is 20.8. The van der Waals surface area contributed by atoms with Crippen LogP contribution < -0.4 is 10.6 Å². The van der Waals surface area contributed by atoms with E-state index in [2.05, 4.69) is 49.4 Å². The zero-order valence-corrected chi connectivity index (χ0v) is 30.8. The summed E-state index contributed by atoms with van der Waals surface area (Å²) in [7, 11) is -3.86. The molecule has 1 N–H and O–H groups in total. The van der Waals surface area contributed by atoms with E-state index in [4.69, 9.17) is 19.4 Å². The van der Waals surface area contributed by atoms with Gasteiger partial charge in [-0.15, -0.1) is 0 Å². The highest BCUT2D eigenvalue weighted by atomic mass is 31.2. The lowest BCUT2D eigenvalue weighted by Gasteiger charge is -2.35. The minimum atomic E-state index is -2.61. The van der Waals surface area contributed by atoms with Crippen molar-refractivity contribution in [3.8, 4) is 11.3 Å². The number of nitrogens with zero attached hydrogens (tertiary/aromatic N) is 4. The fourth-order valence-corrected chi connectivity index (χ4v) is 8.54. The highest BCUT2D eigenvalue weighted by Crippen LogP contribution is 2.49. The molecular weight excluding hydrogens is 601 g/mol. The molecule has 9 nitrogen and oxygen atoms in total. The minimum Gasteiger partial charge on any atom is -0.444 e. The monoisotopic (exact) mass is 653 g/mol. The average Bonchev–Trinajstić information content (AvgIpc) is 3.25. The maximum absolute atomic E-state index is 13.7. The number of rotatable bonds is 8. The number of piperidine rings is 1. The molecule has 11 heteroatoms. The first-order valence-electron chi connectivity index (χ1n) is 16.2. The second kappa shape index (κ2) is 12.2. The zero-order chi connectivity index (χ0) is 32.9. The Morgan fingerprint density at radius 2 is 1.93 bits per heavy atom. The van der Waals surface area contributed by atoms with E-state index in [-0.39, 0.29) is 17.6 Å². The van der Waals surface area contributed by atoms with E-state index in [1.807, 2.05) is 52.4 Å². The second-order valence-electron chi connectivity index (χ2n) is 16.1. The van der Waals surface area contributed by atoms with Gasteiger partial charge in [0, 0.05) is 67.4 Å². The molecule has 1 amide bonds. The summed E-state index contributed by atoms with van der Waals surface area (Å²) >= 11 is 0. The first kappa shape index (κ1) is 33.7. The summed E-state index contributed by atoms with van der Waals surface area (Å²) in [6.45, 7) is 23.3. The summed E-state index contributed by atoms with van der Waals surface area (Å²) < 4.78 is 28.0. The Balaban J connectivity index is 1.54. The summed E-state index contributed by atoms with van der Waals surface area (Å²) in [6, 6.07) is 7.26. The predicted octanol–water partition coefficient (Wildman–Crippen LogP) is 7.30. The number of hydrogen-bond donors (Lipinski definition) is 1. The number of amides is 1. The van der Waals surface area contributed by atoms with Gasteiger partial charge in [-0.05, 0) is 71.0 Å². The van der Waals surface area contributed by atoms with Crippen molar-refractivity contribution in [1.29, 1.82) is 0 Å². The molecule has 246 valence electrons. The molecule has 3 heterocycles. The molecule has 0 spiro atoms. The third kappa shape index (κ3) is 7.49. The Morgan fingerprint density at radius 1 is 1.20 bits per heavy atom. The molecule has 45 heavy (non-hydrogen) atoms. The van der Waals surface area contributed by atoms with E-state index in [0.29, 0.717) is 32.4 Å². The summed E-state index contributed by atoms with van der Waals surface area (Å²) in [6.07, 6.45) is 4.24. The third-order valence-corrected chi connectivity index (χ3v) is 11.9. The maximum atomic E-state index is 13.7. The van der Waals surface area contributed by atoms with Crippen LogP contribution in [0, 0.1) is 0 Å². The minimum absolute atomic E-state index is 0.0163. The number of aromatic nitrogens is 3. The molecular formula is C34H52N5O4PSi. The number of ether oxygens (including phenoxy) is 2. The normalized spacial score (nSPS) is 18.4. The van der Waals surface area contributed by atoms with Crippen molar-refractivity contribution in [3.05, 3.63) is 35.7 Å². The van der Waals surface area contributed by atoms with Crippen molar-refractivity contribution >= 4 is 43.5 Å². The average molecular weight is 654 g/mol. The van der Waals surface area contributed by atoms with Gasteiger partial charge in [0.25, 0.3) is 0 Å². The first-order valence-corrected chi connectivity index (χ1v) is 22.5. The highest BCUT2D eigenvalue weighted by Gasteiger charge is 2.39. The van der Waals surface area contributed by atoms with Crippen molar-refractivity contribution < 1.29 is 18.8 Å². The molecule has 5 rings (SSSR count). The molecule has 3 aromatic rings. The molecule has 1 aliphatic heterocycles. The van der Waals surface area contributed by atoms with E-state index in [9.17, 15) is 9.36 Å². The number of para-hydroxylation sites is 1. The molecule has 1 fully saturated rings. The van der Waals surface area contributed by atoms with Crippen molar-refractivity contribution in [2.75, 3.05) is 38.3 Å². The molecule has 1 saturated heterocycles. The highest BCUT2D eigenvalue weighted by molar-refractivity contribution is 7.70. The van der Waals surface area contributed by atoms with Crippen LogP contribution in [-0.2, 0) is 32.6 Å². The number of nitrogens with one attached hydrogen (secondary N) is 1. The molecule has 0 bridgehead atoms. The van der Waals surface area contributed by atoms with Crippen LogP contribution in [0.15, 0.2) is 24.4 Å². The molecule has 2 aliphatic rings. The SMILES string of the molecule is CC(C)(C)OC(=O)N1CCC[C@H](Nc2ncc3c(n2)-c2c(n(COCC[Si](C)(C)C)c4c(P(C)(C)=O)cccc24)C(C)(C)C3)C1. The van der Waals surface area contributed by atoms with Crippen molar-refractivity contribution in [3.63, 3.8) is 0 Å². The van der Waals surface area contributed by atoms with Crippen LogP contribution in [-0.4, -0.2) is 78.3 Å². The van der Waals surface area contributed by atoms with Crippen LogP contribution in [0.4, 0.5) is 10.7 Å². The lowest BCUT2D eigenvalue weighted by Crippen LogP contribution is -2.47. The van der Waals surface area contributed by atoms with E-state index in [1.54, 1.807) is 4.90 Å². The number of anilines is 1. The van der Waals surface area contributed by atoms with Crippen LogP contribution in [0.1, 0.15) is 58.7 Å². The molecule has 0 radical (unpaired) electrons. The Labute approximate surface area is 269 Å². The quantitative estimate of drug-likeness (QED) is 0.155. The zero-order valence-electron chi connectivity index (χ0n) is 28.9. The summed E-state index contributed by atoms with van der Waals surface area (Å²) in [5, 5.41) is 5.45. The van der Waals surface area contributed by atoms with Gasteiger partial charge in [0.05, 0.1) is 11.2 Å².